The van der Waals surface area contributed by atoms with Crippen LogP contribution in [0.15, 0.2) is 23.3 Å². The van der Waals surface area contributed by atoms with Crippen LogP contribution in [0.2, 0.25) is 0 Å². The first-order valence-electron chi connectivity index (χ1n) is 7.24. The van der Waals surface area contributed by atoms with Gasteiger partial charge in [-0.15, -0.1) is 24.0 Å². The number of rotatable bonds is 7. The summed E-state index contributed by atoms with van der Waals surface area (Å²) in [5, 5.41) is 6.39. The standard InChI is InChI=1S/C15H25FN4.HI/c1-4-5-6-8-12(2)20-15(17-3)19-11-14-13(16)9-7-10-18-14;/h7,9-10,12H,4-6,8,11H2,1-3H3,(H2,17,19,20);1H. The molecule has 6 heteroatoms. The predicted molar refractivity (Wildman–Crippen MR) is 96.5 cm³/mol. The first kappa shape index (κ1) is 20.1. The van der Waals surface area contributed by atoms with Gasteiger partial charge in [-0.1, -0.05) is 26.2 Å². The average Bonchev–Trinajstić information content (AvgIpc) is 2.45. The molecule has 1 rings (SSSR count). The van der Waals surface area contributed by atoms with Gasteiger partial charge in [0.15, 0.2) is 5.96 Å². The number of halogens is 2. The molecule has 0 amide bonds. The highest BCUT2D eigenvalue weighted by atomic mass is 127. The van der Waals surface area contributed by atoms with Gasteiger partial charge >= 0.3 is 0 Å². The van der Waals surface area contributed by atoms with E-state index in [1.54, 1.807) is 19.3 Å². The molecule has 0 bridgehead atoms. The SMILES string of the molecule is CCCCCC(C)NC(=NC)NCc1ncccc1F.I. The fourth-order valence-electron chi connectivity index (χ4n) is 1.92. The van der Waals surface area contributed by atoms with E-state index in [0.29, 0.717) is 24.2 Å². The number of hydrogen-bond donors (Lipinski definition) is 2. The van der Waals surface area contributed by atoms with Crippen molar-refractivity contribution in [1.82, 2.24) is 15.6 Å². The van der Waals surface area contributed by atoms with Crippen LogP contribution in [0.4, 0.5) is 4.39 Å². The maximum atomic E-state index is 13.4. The Morgan fingerprint density at radius 2 is 2.19 bits per heavy atom. The Labute approximate surface area is 144 Å². The lowest BCUT2D eigenvalue weighted by atomic mass is 10.1. The molecule has 0 aromatic carbocycles. The number of hydrogen-bond acceptors (Lipinski definition) is 2. The Morgan fingerprint density at radius 1 is 1.43 bits per heavy atom. The van der Waals surface area contributed by atoms with E-state index >= 15 is 0 Å². The Balaban J connectivity index is 0.00000400. The van der Waals surface area contributed by atoms with Crippen LogP contribution >= 0.6 is 24.0 Å². The Hall–Kier alpha value is -0.920. The van der Waals surface area contributed by atoms with E-state index < -0.39 is 0 Å². The van der Waals surface area contributed by atoms with Crippen LogP contribution in [-0.4, -0.2) is 24.0 Å². The number of pyridine rings is 1. The minimum absolute atomic E-state index is 0. The van der Waals surface area contributed by atoms with E-state index in [1.165, 1.54) is 25.3 Å². The first-order valence-corrected chi connectivity index (χ1v) is 7.24. The van der Waals surface area contributed by atoms with Crippen molar-refractivity contribution in [3.8, 4) is 0 Å². The van der Waals surface area contributed by atoms with Crippen molar-refractivity contribution in [2.24, 2.45) is 4.99 Å². The molecule has 1 aromatic heterocycles. The van der Waals surface area contributed by atoms with Crippen molar-refractivity contribution < 1.29 is 4.39 Å². The molecule has 1 atom stereocenters. The molecule has 21 heavy (non-hydrogen) atoms. The number of nitrogens with one attached hydrogen (secondary N) is 2. The summed E-state index contributed by atoms with van der Waals surface area (Å²) in [5.74, 6) is 0.380. The maximum Gasteiger partial charge on any atom is 0.191 e. The van der Waals surface area contributed by atoms with Crippen LogP contribution in [0.5, 0.6) is 0 Å². The third kappa shape index (κ3) is 8.18. The van der Waals surface area contributed by atoms with Crippen LogP contribution < -0.4 is 10.6 Å². The molecule has 0 radical (unpaired) electrons. The van der Waals surface area contributed by atoms with Gasteiger partial charge in [0.1, 0.15) is 5.82 Å². The minimum Gasteiger partial charge on any atom is -0.354 e. The van der Waals surface area contributed by atoms with Crippen LogP contribution in [0.1, 0.15) is 45.2 Å². The summed E-state index contributed by atoms with van der Waals surface area (Å²) in [7, 11) is 1.71. The molecule has 1 unspecified atom stereocenters. The Morgan fingerprint density at radius 3 is 2.81 bits per heavy atom. The highest BCUT2D eigenvalue weighted by Gasteiger charge is 2.07. The second-order valence-corrected chi connectivity index (χ2v) is 4.90. The lowest BCUT2D eigenvalue weighted by Gasteiger charge is -2.17. The van der Waals surface area contributed by atoms with Gasteiger partial charge in [0.2, 0.25) is 0 Å². The number of unbranched alkanes of at least 4 members (excludes halogenated alkanes) is 2. The fourth-order valence-corrected chi connectivity index (χ4v) is 1.92. The predicted octanol–water partition coefficient (Wildman–Crippen LogP) is 3.47. The third-order valence-corrected chi connectivity index (χ3v) is 3.11. The molecule has 0 fully saturated rings. The second kappa shape index (κ2) is 11.7. The van der Waals surface area contributed by atoms with Gasteiger partial charge in [-0.3, -0.25) is 9.98 Å². The number of aliphatic imine (C=N–C) groups is 1. The number of guanidine groups is 1. The Kier molecular flexibility index (Phi) is 11.2. The summed E-state index contributed by atoms with van der Waals surface area (Å²) in [6.45, 7) is 4.65. The molecular weight excluding hydrogens is 382 g/mol. The number of aromatic nitrogens is 1. The first-order chi connectivity index (χ1) is 9.67. The van der Waals surface area contributed by atoms with Crippen LogP contribution in [0.25, 0.3) is 0 Å². The Bertz CT molecular complexity index is 426. The highest BCUT2D eigenvalue weighted by molar-refractivity contribution is 14.0. The second-order valence-electron chi connectivity index (χ2n) is 4.90. The summed E-state index contributed by atoms with van der Waals surface area (Å²) in [6, 6.07) is 3.34. The molecule has 0 aliphatic heterocycles. The minimum atomic E-state index is -0.300. The zero-order valence-electron chi connectivity index (χ0n) is 13.0. The molecule has 0 aliphatic carbocycles. The van der Waals surface area contributed by atoms with Crippen molar-refractivity contribution in [1.29, 1.82) is 0 Å². The van der Waals surface area contributed by atoms with Crippen LogP contribution in [-0.2, 0) is 6.54 Å². The summed E-state index contributed by atoms with van der Waals surface area (Å²) < 4.78 is 13.4. The van der Waals surface area contributed by atoms with E-state index in [4.69, 9.17) is 0 Å². The average molecular weight is 408 g/mol. The van der Waals surface area contributed by atoms with Crippen molar-refractivity contribution in [2.75, 3.05) is 7.05 Å². The summed E-state index contributed by atoms with van der Waals surface area (Å²) in [4.78, 5) is 8.15. The monoisotopic (exact) mass is 408 g/mol. The van der Waals surface area contributed by atoms with E-state index in [2.05, 4.69) is 34.5 Å². The van der Waals surface area contributed by atoms with E-state index in [9.17, 15) is 4.39 Å². The largest absolute Gasteiger partial charge is 0.354 e. The molecule has 120 valence electrons. The van der Waals surface area contributed by atoms with Gasteiger partial charge in [0.05, 0.1) is 12.2 Å². The third-order valence-electron chi connectivity index (χ3n) is 3.11. The van der Waals surface area contributed by atoms with Gasteiger partial charge in [0, 0.05) is 19.3 Å². The van der Waals surface area contributed by atoms with Gasteiger partial charge in [-0.2, -0.15) is 0 Å². The van der Waals surface area contributed by atoms with Gasteiger partial charge in [-0.05, 0) is 25.5 Å². The summed E-state index contributed by atoms with van der Waals surface area (Å²) >= 11 is 0. The van der Waals surface area contributed by atoms with E-state index in [1.807, 2.05) is 0 Å². The molecule has 0 saturated carbocycles. The smallest absolute Gasteiger partial charge is 0.191 e. The molecule has 1 heterocycles. The fraction of sp³-hybridized carbons (Fsp3) is 0.600. The summed E-state index contributed by atoms with van der Waals surface area (Å²) in [5.41, 5.74) is 0.397. The van der Waals surface area contributed by atoms with Crippen molar-refractivity contribution >= 4 is 29.9 Å². The quantitative estimate of drug-likeness (QED) is 0.315. The number of nitrogens with zero attached hydrogens (tertiary/aromatic N) is 2. The highest BCUT2D eigenvalue weighted by Crippen LogP contribution is 2.03. The molecular formula is C15H26FIN4. The van der Waals surface area contributed by atoms with Crippen molar-refractivity contribution in [2.45, 2.75) is 52.1 Å². The molecule has 1 aromatic rings. The molecule has 0 aliphatic rings. The van der Waals surface area contributed by atoms with Crippen molar-refractivity contribution in [3.05, 3.63) is 29.8 Å². The van der Waals surface area contributed by atoms with Gasteiger partial charge < -0.3 is 10.6 Å². The normalized spacial score (nSPS) is 12.5. The maximum absolute atomic E-state index is 13.4. The molecule has 0 spiro atoms. The lowest BCUT2D eigenvalue weighted by Crippen LogP contribution is -2.42. The van der Waals surface area contributed by atoms with E-state index in [0.717, 1.165) is 6.42 Å². The lowest BCUT2D eigenvalue weighted by molar-refractivity contribution is 0.544. The zero-order valence-corrected chi connectivity index (χ0v) is 15.4. The van der Waals surface area contributed by atoms with Gasteiger partial charge in [-0.25, -0.2) is 4.39 Å². The summed E-state index contributed by atoms with van der Waals surface area (Å²) in [6.07, 6.45) is 6.36. The topological polar surface area (TPSA) is 49.3 Å². The van der Waals surface area contributed by atoms with Gasteiger partial charge in [0.25, 0.3) is 0 Å². The van der Waals surface area contributed by atoms with E-state index in [-0.39, 0.29) is 29.8 Å². The van der Waals surface area contributed by atoms with Crippen molar-refractivity contribution in [3.63, 3.8) is 0 Å². The zero-order chi connectivity index (χ0) is 14.8. The van der Waals surface area contributed by atoms with Crippen LogP contribution in [0, 0.1) is 5.82 Å². The molecule has 4 nitrogen and oxygen atoms in total. The molecule has 2 N–H and O–H groups in total. The van der Waals surface area contributed by atoms with Crippen LogP contribution in [0.3, 0.4) is 0 Å². The molecule has 0 saturated heterocycles.